The maximum atomic E-state index is 12.1. The van der Waals surface area contributed by atoms with Crippen LogP contribution in [0.1, 0.15) is 32.1 Å². The summed E-state index contributed by atoms with van der Waals surface area (Å²) in [5.74, 6) is 0. The molecule has 1 saturated carbocycles. The molecule has 0 radical (unpaired) electrons. The normalized spacial score (nSPS) is 18.2. The molecule has 0 spiro atoms. The Morgan fingerprint density at radius 2 is 1.76 bits per heavy atom. The van der Waals surface area contributed by atoms with E-state index in [2.05, 4.69) is 4.72 Å². The molecule has 1 aromatic carbocycles. The van der Waals surface area contributed by atoms with Gasteiger partial charge in [0.1, 0.15) is 4.90 Å². The van der Waals surface area contributed by atoms with Gasteiger partial charge in [-0.15, -0.1) is 0 Å². The highest BCUT2D eigenvalue weighted by molar-refractivity contribution is 7.89. The van der Waals surface area contributed by atoms with Gasteiger partial charge in [0.15, 0.2) is 0 Å². The van der Waals surface area contributed by atoms with Crippen LogP contribution in [0, 0.1) is 0 Å². The third-order valence-electron chi connectivity index (χ3n) is 3.05. The maximum Gasteiger partial charge on any atom is 0.242 e. The number of nitrogens with one attached hydrogen (secondary N) is 1. The number of rotatable bonds is 3. The van der Waals surface area contributed by atoms with Crippen molar-refractivity contribution >= 4 is 21.6 Å². The van der Waals surface area contributed by atoms with E-state index in [4.69, 9.17) is 11.6 Å². The van der Waals surface area contributed by atoms with E-state index in [1.165, 1.54) is 12.5 Å². The van der Waals surface area contributed by atoms with Gasteiger partial charge in [0, 0.05) is 6.04 Å². The first-order valence-electron chi connectivity index (χ1n) is 5.86. The third-order valence-corrected chi connectivity index (χ3v) is 5.07. The fourth-order valence-electron chi connectivity index (χ4n) is 2.17. The molecule has 1 aliphatic rings. The van der Waals surface area contributed by atoms with E-state index in [0.717, 1.165) is 25.7 Å². The standard InChI is InChI=1S/C12H16ClNO2S/c13-11-8-4-5-9-12(11)17(15,16)14-10-6-2-1-3-7-10/h4-5,8-10,14H,1-3,6-7H2. The van der Waals surface area contributed by atoms with Gasteiger partial charge >= 0.3 is 0 Å². The lowest BCUT2D eigenvalue weighted by Gasteiger charge is -2.22. The lowest BCUT2D eigenvalue weighted by atomic mass is 9.96. The van der Waals surface area contributed by atoms with Crippen molar-refractivity contribution in [3.05, 3.63) is 29.3 Å². The highest BCUT2D eigenvalue weighted by atomic mass is 35.5. The maximum absolute atomic E-state index is 12.1. The van der Waals surface area contributed by atoms with Gasteiger partial charge in [-0.2, -0.15) is 0 Å². The van der Waals surface area contributed by atoms with Crippen LogP contribution in [0.5, 0.6) is 0 Å². The van der Waals surface area contributed by atoms with Crippen molar-refractivity contribution in [2.45, 2.75) is 43.0 Å². The van der Waals surface area contributed by atoms with E-state index < -0.39 is 10.0 Å². The van der Waals surface area contributed by atoms with Gasteiger partial charge < -0.3 is 0 Å². The third kappa shape index (κ3) is 3.21. The summed E-state index contributed by atoms with van der Waals surface area (Å²) < 4.78 is 27.0. The Kier molecular flexibility index (Phi) is 4.07. The molecule has 1 aliphatic carbocycles. The molecule has 0 bridgehead atoms. The molecule has 0 aliphatic heterocycles. The summed E-state index contributed by atoms with van der Waals surface area (Å²) in [6, 6.07) is 6.60. The summed E-state index contributed by atoms with van der Waals surface area (Å²) in [5.41, 5.74) is 0. The molecule has 2 rings (SSSR count). The van der Waals surface area contributed by atoms with Crippen LogP contribution in [-0.2, 0) is 10.0 Å². The highest BCUT2D eigenvalue weighted by Gasteiger charge is 2.23. The van der Waals surface area contributed by atoms with Crippen molar-refractivity contribution in [1.82, 2.24) is 4.72 Å². The van der Waals surface area contributed by atoms with Crippen LogP contribution in [0.4, 0.5) is 0 Å². The van der Waals surface area contributed by atoms with Crippen LogP contribution in [0.15, 0.2) is 29.2 Å². The van der Waals surface area contributed by atoms with E-state index in [-0.39, 0.29) is 16.0 Å². The topological polar surface area (TPSA) is 46.2 Å². The van der Waals surface area contributed by atoms with Gasteiger partial charge in [0.2, 0.25) is 10.0 Å². The Bertz CT molecular complexity index is 481. The van der Waals surface area contributed by atoms with Gasteiger partial charge in [-0.25, -0.2) is 13.1 Å². The van der Waals surface area contributed by atoms with Gasteiger partial charge in [-0.05, 0) is 25.0 Å². The number of hydrogen-bond acceptors (Lipinski definition) is 2. The highest BCUT2D eigenvalue weighted by Crippen LogP contribution is 2.23. The van der Waals surface area contributed by atoms with Crippen LogP contribution in [0.2, 0.25) is 5.02 Å². The number of hydrogen-bond donors (Lipinski definition) is 1. The second kappa shape index (κ2) is 5.38. The molecule has 17 heavy (non-hydrogen) atoms. The molecular weight excluding hydrogens is 258 g/mol. The quantitative estimate of drug-likeness (QED) is 0.920. The summed E-state index contributed by atoms with van der Waals surface area (Å²) in [5, 5.41) is 0.274. The van der Waals surface area contributed by atoms with E-state index in [9.17, 15) is 8.42 Å². The second-order valence-electron chi connectivity index (χ2n) is 4.39. The van der Waals surface area contributed by atoms with Crippen LogP contribution in [0.3, 0.4) is 0 Å². The monoisotopic (exact) mass is 273 g/mol. The molecule has 1 aromatic rings. The lowest BCUT2D eigenvalue weighted by molar-refractivity contribution is 0.412. The van der Waals surface area contributed by atoms with Gasteiger partial charge in [-0.1, -0.05) is 43.0 Å². The first-order valence-corrected chi connectivity index (χ1v) is 7.72. The van der Waals surface area contributed by atoms with Crippen molar-refractivity contribution in [2.75, 3.05) is 0 Å². The predicted octanol–water partition coefficient (Wildman–Crippen LogP) is 2.95. The number of sulfonamides is 1. The SMILES string of the molecule is O=S(=O)(NC1CCCCC1)c1ccccc1Cl. The molecule has 0 saturated heterocycles. The van der Waals surface area contributed by atoms with Crippen LogP contribution >= 0.6 is 11.6 Å². The zero-order chi connectivity index (χ0) is 12.3. The summed E-state index contributed by atoms with van der Waals surface area (Å²) in [7, 11) is -3.47. The minimum Gasteiger partial charge on any atom is -0.208 e. The van der Waals surface area contributed by atoms with Gasteiger partial charge in [-0.3, -0.25) is 0 Å². The summed E-state index contributed by atoms with van der Waals surface area (Å²) in [6.07, 6.45) is 5.23. The summed E-state index contributed by atoms with van der Waals surface area (Å²) in [6.45, 7) is 0. The molecule has 3 nitrogen and oxygen atoms in total. The average molecular weight is 274 g/mol. The fraction of sp³-hybridized carbons (Fsp3) is 0.500. The molecule has 0 aromatic heterocycles. The number of halogens is 1. The van der Waals surface area contributed by atoms with Gasteiger partial charge in [0.05, 0.1) is 5.02 Å². The van der Waals surface area contributed by atoms with Crippen molar-refractivity contribution < 1.29 is 8.42 Å². The molecular formula is C12H16ClNO2S. The predicted molar refractivity (Wildman–Crippen MR) is 68.6 cm³/mol. The van der Waals surface area contributed by atoms with E-state index in [1.54, 1.807) is 18.2 Å². The molecule has 0 heterocycles. The summed E-state index contributed by atoms with van der Waals surface area (Å²) >= 11 is 5.91. The van der Waals surface area contributed by atoms with Crippen molar-refractivity contribution in [3.8, 4) is 0 Å². The first kappa shape index (κ1) is 12.9. The first-order chi connectivity index (χ1) is 8.09. The van der Waals surface area contributed by atoms with E-state index in [1.807, 2.05) is 0 Å². The van der Waals surface area contributed by atoms with Crippen molar-refractivity contribution in [1.29, 1.82) is 0 Å². The molecule has 94 valence electrons. The van der Waals surface area contributed by atoms with Crippen LogP contribution < -0.4 is 4.72 Å². The second-order valence-corrected chi connectivity index (χ2v) is 6.48. The number of benzene rings is 1. The largest absolute Gasteiger partial charge is 0.242 e. The van der Waals surface area contributed by atoms with Crippen LogP contribution in [0.25, 0.3) is 0 Å². The van der Waals surface area contributed by atoms with Crippen molar-refractivity contribution in [2.24, 2.45) is 0 Å². The van der Waals surface area contributed by atoms with Crippen LogP contribution in [-0.4, -0.2) is 14.5 Å². The van der Waals surface area contributed by atoms with Crippen molar-refractivity contribution in [3.63, 3.8) is 0 Å². The Hall–Kier alpha value is -0.580. The van der Waals surface area contributed by atoms with Gasteiger partial charge in [0.25, 0.3) is 0 Å². The lowest BCUT2D eigenvalue weighted by Crippen LogP contribution is -2.36. The molecule has 1 N–H and O–H groups in total. The average Bonchev–Trinajstić information content (AvgIpc) is 2.30. The Morgan fingerprint density at radius 1 is 1.12 bits per heavy atom. The smallest absolute Gasteiger partial charge is 0.208 e. The molecule has 0 unspecified atom stereocenters. The zero-order valence-corrected chi connectivity index (χ0v) is 11.1. The van der Waals surface area contributed by atoms with E-state index in [0.29, 0.717) is 0 Å². The molecule has 0 amide bonds. The summed E-state index contributed by atoms with van der Waals surface area (Å²) in [4.78, 5) is 0.173. The minimum atomic E-state index is -3.47. The molecule has 1 fully saturated rings. The zero-order valence-electron chi connectivity index (χ0n) is 9.52. The van der Waals surface area contributed by atoms with E-state index >= 15 is 0 Å². The minimum absolute atomic E-state index is 0.0602. The Morgan fingerprint density at radius 3 is 2.41 bits per heavy atom. The molecule has 0 atom stereocenters. The molecule has 5 heteroatoms. The fourth-order valence-corrected chi connectivity index (χ4v) is 3.99. The Balaban J connectivity index is 2.16. The Labute approximate surface area is 107 Å².